The molecule has 0 atom stereocenters. The Balaban J connectivity index is 1.64. The number of nitrogens with one attached hydrogen (secondary N) is 2. The number of carbonyl (C=O) groups is 1. The number of rotatable bonds is 4. The normalized spacial score (nSPS) is 17.6. The second-order valence-corrected chi connectivity index (χ2v) is 8.86. The lowest BCUT2D eigenvalue weighted by atomic mass is 10.3. The van der Waals surface area contributed by atoms with Crippen molar-refractivity contribution in [3.05, 3.63) is 35.5 Å². The maximum Gasteiger partial charge on any atom is 0.319 e. The lowest BCUT2D eigenvalue weighted by molar-refractivity contribution is 0.243. The summed E-state index contributed by atoms with van der Waals surface area (Å²) in [5.74, 6) is 0.785. The van der Waals surface area contributed by atoms with Gasteiger partial charge >= 0.3 is 6.03 Å². The second kappa shape index (κ2) is 5.95. The maximum absolute atomic E-state index is 12.3. The predicted octanol–water partition coefficient (Wildman–Crippen LogP) is 1.62. The molecule has 1 aliphatic carbocycles. The Hall–Kier alpha value is -2.20. The van der Waals surface area contributed by atoms with Crippen molar-refractivity contribution < 1.29 is 13.2 Å². The number of benzene rings is 1. The fourth-order valence-corrected chi connectivity index (χ4v) is 4.39. The molecule has 0 saturated heterocycles. The summed E-state index contributed by atoms with van der Waals surface area (Å²) in [7, 11) is -3.53. The smallest absolute Gasteiger partial charge is 0.319 e. The molecule has 0 spiro atoms. The van der Waals surface area contributed by atoms with E-state index in [0.29, 0.717) is 27.9 Å². The van der Waals surface area contributed by atoms with Crippen LogP contribution in [-0.2, 0) is 10.0 Å². The molecule has 2 N–H and O–H groups in total. The Bertz CT molecular complexity index is 978. The first-order valence-electron chi connectivity index (χ1n) is 7.78. The van der Waals surface area contributed by atoms with Crippen LogP contribution in [0.25, 0.3) is 11.0 Å². The number of carbonyl (C=O) groups excluding carboxylic acids is 1. The van der Waals surface area contributed by atoms with Crippen LogP contribution < -0.4 is 15.5 Å². The molecule has 1 fully saturated rings. The van der Waals surface area contributed by atoms with Crippen LogP contribution in [0.4, 0.5) is 10.7 Å². The number of hydrogen-bond acceptors (Lipinski definition) is 6. The second-order valence-electron chi connectivity index (χ2n) is 6.04. The summed E-state index contributed by atoms with van der Waals surface area (Å²) in [4.78, 5) is 18.0. The minimum absolute atomic E-state index is 0.236. The van der Waals surface area contributed by atoms with Crippen LogP contribution in [0, 0.1) is 0 Å². The van der Waals surface area contributed by atoms with Gasteiger partial charge in [0.05, 0.1) is 28.2 Å². The van der Waals surface area contributed by atoms with Crippen molar-refractivity contribution in [2.24, 2.45) is 0 Å². The summed E-state index contributed by atoms with van der Waals surface area (Å²) in [5.41, 5.74) is 1.14. The lowest BCUT2D eigenvalue weighted by Gasteiger charge is -2.14. The zero-order chi connectivity index (χ0) is 17.6. The summed E-state index contributed by atoms with van der Waals surface area (Å²) < 4.78 is 25.8. The van der Waals surface area contributed by atoms with Crippen LogP contribution in [0.3, 0.4) is 0 Å². The van der Waals surface area contributed by atoms with Crippen molar-refractivity contribution in [3.8, 4) is 0 Å². The number of urea groups is 1. The number of para-hydroxylation sites is 2. The number of fused-ring (bicyclic) bond motifs is 1. The number of hydrogen-bond donors (Lipinski definition) is 2. The Kier molecular flexibility index (Phi) is 3.88. The van der Waals surface area contributed by atoms with E-state index in [2.05, 4.69) is 15.6 Å². The van der Waals surface area contributed by atoms with Gasteiger partial charge in [0.2, 0.25) is 16.0 Å². The molecule has 2 aromatic rings. The van der Waals surface area contributed by atoms with E-state index in [1.165, 1.54) is 15.7 Å². The molecule has 0 radical (unpaired) electrons. The van der Waals surface area contributed by atoms with Crippen molar-refractivity contribution in [3.63, 3.8) is 0 Å². The molecular formula is C15H17N5O3S2. The van der Waals surface area contributed by atoms with E-state index in [0.717, 1.165) is 19.1 Å². The van der Waals surface area contributed by atoms with E-state index >= 15 is 0 Å². The quantitative estimate of drug-likeness (QED) is 0.838. The first-order valence-corrected chi connectivity index (χ1v) is 10.6. The summed E-state index contributed by atoms with van der Waals surface area (Å²) >= 11 is 1.42. The molecule has 2 heterocycles. The van der Waals surface area contributed by atoms with Gasteiger partial charge in [-0.3, -0.25) is 0 Å². The average molecular weight is 379 g/mol. The number of imidazole rings is 1. The molecule has 1 aliphatic heterocycles. The Morgan fingerprint density at radius 2 is 2.08 bits per heavy atom. The van der Waals surface area contributed by atoms with Gasteiger partial charge in [-0.1, -0.05) is 23.9 Å². The highest BCUT2D eigenvalue weighted by Crippen LogP contribution is 2.31. The Morgan fingerprint density at radius 3 is 2.80 bits per heavy atom. The molecule has 1 saturated carbocycles. The van der Waals surface area contributed by atoms with Gasteiger partial charge in [0.25, 0.3) is 0 Å². The van der Waals surface area contributed by atoms with E-state index in [4.69, 9.17) is 0 Å². The summed E-state index contributed by atoms with van der Waals surface area (Å²) in [6, 6.07) is 7.13. The first-order chi connectivity index (χ1) is 11.9. The third-order valence-corrected chi connectivity index (χ3v) is 5.82. The molecule has 132 valence electrons. The molecule has 4 rings (SSSR count). The van der Waals surface area contributed by atoms with Crippen LogP contribution in [0.5, 0.6) is 0 Å². The summed E-state index contributed by atoms with van der Waals surface area (Å²) in [5, 5.41) is 6.30. The largest absolute Gasteiger partial charge is 0.335 e. The van der Waals surface area contributed by atoms with Gasteiger partial charge in [-0.05, 0) is 25.0 Å². The fourth-order valence-electron chi connectivity index (χ4n) is 2.60. The van der Waals surface area contributed by atoms with Crippen LogP contribution in [0.1, 0.15) is 12.8 Å². The Morgan fingerprint density at radius 1 is 1.32 bits per heavy atom. The van der Waals surface area contributed by atoms with Gasteiger partial charge in [0, 0.05) is 12.2 Å². The number of thioether (sulfide) groups is 1. The van der Waals surface area contributed by atoms with Crippen molar-refractivity contribution in [2.75, 3.05) is 17.0 Å². The van der Waals surface area contributed by atoms with E-state index < -0.39 is 10.0 Å². The monoisotopic (exact) mass is 379 g/mol. The van der Waals surface area contributed by atoms with Crippen LogP contribution in [-0.4, -0.2) is 41.6 Å². The number of nitrogens with zero attached hydrogens (tertiary/aromatic N) is 3. The van der Waals surface area contributed by atoms with Crippen molar-refractivity contribution in [1.29, 1.82) is 0 Å². The average Bonchev–Trinajstić information content (AvgIpc) is 3.09. The van der Waals surface area contributed by atoms with E-state index in [1.54, 1.807) is 29.3 Å². The molecule has 25 heavy (non-hydrogen) atoms. The number of amides is 2. The molecule has 1 aromatic carbocycles. The molecule has 8 nitrogen and oxygen atoms in total. The first kappa shape index (κ1) is 16.3. The van der Waals surface area contributed by atoms with Gasteiger partial charge < -0.3 is 15.5 Å². The van der Waals surface area contributed by atoms with Crippen molar-refractivity contribution in [2.45, 2.75) is 18.9 Å². The van der Waals surface area contributed by atoms with Gasteiger partial charge in [-0.2, -0.15) is 0 Å². The van der Waals surface area contributed by atoms with E-state index in [9.17, 15) is 13.2 Å². The number of anilines is 1. The minimum atomic E-state index is -3.53. The van der Waals surface area contributed by atoms with E-state index in [-0.39, 0.29) is 12.1 Å². The zero-order valence-electron chi connectivity index (χ0n) is 13.5. The lowest BCUT2D eigenvalue weighted by Crippen LogP contribution is -2.35. The van der Waals surface area contributed by atoms with Gasteiger partial charge in [-0.25, -0.2) is 22.2 Å². The standard InChI is InChI=1S/C15H17N5O3S2/c1-25(22,23)20-12-5-3-2-4-11(12)17-15(20)19-8-13(24-9-19)18-14(21)16-10-6-7-10/h2-5,8,10H,6-7,9H2,1H3,(H2,16,18,21). The minimum Gasteiger partial charge on any atom is -0.335 e. The fraction of sp³-hybridized carbons (Fsp3) is 0.333. The molecular weight excluding hydrogens is 362 g/mol. The summed E-state index contributed by atoms with van der Waals surface area (Å²) in [6.45, 7) is 0. The van der Waals surface area contributed by atoms with Gasteiger partial charge in [0.1, 0.15) is 0 Å². The molecule has 2 amide bonds. The molecule has 1 aromatic heterocycles. The van der Waals surface area contributed by atoms with Crippen LogP contribution in [0.15, 0.2) is 35.5 Å². The molecule has 10 heteroatoms. The van der Waals surface area contributed by atoms with Crippen LogP contribution in [0.2, 0.25) is 0 Å². The SMILES string of the molecule is CS(=O)(=O)n1c(N2C=C(NC(=O)NC3CC3)SC2)nc2ccccc21. The predicted molar refractivity (Wildman–Crippen MR) is 97.7 cm³/mol. The van der Waals surface area contributed by atoms with Gasteiger partial charge in [-0.15, -0.1) is 0 Å². The third-order valence-electron chi connectivity index (χ3n) is 3.87. The van der Waals surface area contributed by atoms with Crippen LogP contribution >= 0.6 is 11.8 Å². The zero-order valence-corrected chi connectivity index (χ0v) is 15.1. The Labute approximate surface area is 149 Å². The van der Waals surface area contributed by atoms with Crippen molar-refractivity contribution >= 4 is 44.8 Å². The highest BCUT2D eigenvalue weighted by atomic mass is 32.2. The molecule has 0 bridgehead atoms. The highest BCUT2D eigenvalue weighted by Gasteiger charge is 2.27. The van der Waals surface area contributed by atoms with Gasteiger partial charge in [0.15, 0.2) is 0 Å². The number of aromatic nitrogens is 2. The third kappa shape index (κ3) is 3.31. The summed E-state index contributed by atoms with van der Waals surface area (Å²) in [6.07, 6.45) is 4.90. The highest BCUT2D eigenvalue weighted by molar-refractivity contribution is 8.03. The topological polar surface area (TPSA) is 96.3 Å². The molecule has 0 unspecified atom stereocenters. The molecule has 2 aliphatic rings. The van der Waals surface area contributed by atoms with E-state index in [1.807, 2.05) is 6.07 Å². The van der Waals surface area contributed by atoms with Crippen molar-refractivity contribution in [1.82, 2.24) is 19.6 Å². The maximum atomic E-state index is 12.3.